The number of carbonyl (C=O) groups excluding carboxylic acids is 1. The molecule has 29 heavy (non-hydrogen) atoms. The Morgan fingerprint density at radius 3 is 2.83 bits per heavy atom. The van der Waals surface area contributed by atoms with E-state index in [0.717, 1.165) is 5.56 Å². The molecule has 2 aromatic carbocycles. The minimum Gasteiger partial charge on any atom is -0.372 e. The predicted molar refractivity (Wildman–Crippen MR) is 104 cm³/mol. The van der Waals surface area contributed by atoms with E-state index in [1.54, 1.807) is 23.1 Å². The fourth-order valence-electron chi connectivity index (χ4n) is 3.17. The molecule has 0 bridgehead atoms. The average Bonchev–Trinajstić information content (AvgIpc) is 3.30. The second-order valence-corrected chi connectivity index (χ2v) is 7.54. The molecule has 0 aliphatic carbocycles. The molecule has 1 atom stereocenters. The van der Waals surface area contributed by atoms with E-state index >= 15 is 0 Å². The van der Waals surface area contributed by atoms with Crippen molar-refractivity contribution in [2.45, 2.75) is 32.2 Å². The Balaban J connectivity index is 1.45. The van der Waals surface area contributed by atoms with Gasteiger partial charge in [0.25, 0.3) is 0 Å². The van der Waals surface area contributed by atoms with Gasteiger partial charge in [-0.1, -0.05) is 41.6 Å². The molecule has 2 N–H and O–H groups in total. The summed E-state index contributed by atoms with van der Waals surface area (Å²) in [7, 11) is 0. The largest absolute Gasteiger partial charge is 0.372 e. The van der Waals surface area contributed by atoms with Gasteiger partial charge < -0.3 is 9.84 Å². The van der Waals surface area contributed by atoms with Gasteiger partial charge in [0.05, 0.1) is 24.3 Å². The molecule has 1 aliphatic rings. The summed E-state index contributed by atoms with van der Waals surface area (Å²) in [6, 6.07) is 14.4. The van der Waals surface area contributed by atoms with E-state index in [9.17, 15) is 9.90 Å². The number of aromatic nitrogens is 3. The van der Waals surface area contributed by atoms with Gasteiger partial charge in [0.2, 0.25) is 0 Å². The molecule has 3 aromatic rings. The van der Waals surface area contributed by atoms with E-state index in [1.165, 1.54) is 4.68 Å². The normalized spacial score (nSPS) is 17.0. The monoisotopic (exact) mass is 397 g/mol. The summed E-state index contributed by atoms with van der Waals surface area (Å²) in [6.07, 6.45) is -1.05. The SMILES string of the molecule is CC1(C)COCN1C(=O)n1nnc2cc(C(O)NOCc3ccccc3)ccc21. The molecule has 2 heterocycles. The average molecular weight is 397 g/mol. The minimum atomic E-state index is -1.05. The number of carbonyl (C=O) groups is 1. The van der Waals surface area contributed by atoms with Gasteiger partial charge in [-0.3, -0.25) is 9.74 Å². The molecule has 0 spiro atoms. The molecular weight excluding hydrogens is 374 g/mol. The summed E-state index contributed by atoms with van der Waals surface area (Å²) in [4.78, 5) is 19.8. The fourth-order valence-corrected chi connectivity index (χ4v) is 3.17. The highest BCUT2D eigenvalue weighted by Crippen LogP contribution is 2.24. The molecule has 4 rings (SSSR count). The van der Waals surface area contributed by atoms with E-state index in [2.05, 4.69) is 15.8 Å². The van der Waals surface area contributed by atoms with Gasteiger partial charge in [-0.05, 0) is 37.1 Å². The lowest BCUT2D eigenvalue weighted by Gasteiger charge is -2.28. The summed E-state index contributed by atoms with van der Waals surface area (Å²) in [5.74, 6) is 0. The zero-order valence-corrected chi connectivity index (χ0v) is 16.3. The first-order valence-electron chi connectivity index (χ1n) is 9.30. The van der Waals surface area contributed by atoms with Crippen LogP contribution in [-0.2, 0) is 16.2 Å². The molecule has 9 nitrogen and oxygen atoms in total. The summed E-state index contributed by atoms with van der Waals surface area (Å²) in [5, 5.41) is 18.4. The van der Waals surface area contributed by atoms with E-state index in [1.807, 2.05) is 44.2 Å². The van der Waals surface area contributed by atoms with Gasteiger partial charge in [0.1, 0.15) is 12.2 Å². The molecular formula is C20H23N5O4. The number of hydrogen-bond donors (Lipinski definition) is 2. The number of aliphatic hydroxyl groups excluding tert-OH is 1. The topological polar surface area (TPSA) is 102 Å². The number of amides is 1. The van der Waals surface area contributed by atoms with Crippen molar-refractivity contribution in [2.24, 2.45) is 0 Å². The first-order chi connectivity index (χ1) is 14.0. The van der Waals surface area contributed by atoms with E-state index < -0.39 is 11.8 Å². The number of fused-ring (bicyclic) bond motifs is 1. The van der Waals surface area contributed by atoms with Crippen LogP contribution >= 0.6 is 0 Å². The molecule has 152 valence electrons. The van der Waals surface area contributed by atoms with Crippen molar-refractivity contribution < 1.29 is 19.5 Å². The third-order valence-corrected chi connectivity index (χ3v) is 4.88. The van der Waals surface area contributed by atoms with Crippen LogP contribution in [0.2, 0.25) is 0 Å². The highest BCUT2D eigenvalue weighted by Gasteiger charge is 2.38. The number of benzene rings is 2. The lowest BCUT2D eigenvalue weighted by molar-refractivity contribution is -0.0671. The summed E-state index contributed by atoms with van der Waals surface area (Å²) in [6.45, 7) is 4.88. The van der Waals surface area contributed by atoms with Crippen molar-refractivity contribution in [1.82, 2.24) is 25.4 Å². The van der Waals surface area contributed by atoms with Crippen LogP contribution in [0.5, 0.6) is 0 Å². The summed E-state index contributed by atoms with van der Waals surface area (Å²) in [5.41, 5.74) is 4.78. The van der Waals surface area contributed by atoms with Gasteiger partial charge in [-0.15, -0.1) is 5.10 Å². The number of rotatable bonds is 5. The lowest BCUT2D eigenvalue weighted by Crippen LogP contribution is -2.46. The standard InChI is InChI=1S/C20H23N5O4/c1-20(2)12-28-13-24(20)19(27)25-17-9-8-15(10-16(17)21-23-25)18(26)22-29-11-14-6-4-3-5-7-14/h3-10,18,22,26H,11-13H2,1-2H3. The first-order valence-corrected chi connectivity index (χ1v) is 9.30. The van der Waals surface area contributed by atoms with E-state index in [0.29, 0.717) is 29.8 Å². The molecule has 0 saturated carbocycles. The maximum atomic E-state index is 12.9. The molecule has 0 radical (unpaired) electrons. The Labute approximate surface area is 167 Å². The molecule has 1 saturated heterocycles. The van der Waals surface area contributed by atoms with Crippen LogP contribution in [0.15, 0.2) is 48.5 Å². The van der Waals surface area contributed by atoms with Crippen molar-refractivity contribution in [2.75, 3.05) is 13.3 Å². The Hall–Kier alpha value is -2.85. The zero-order chi connectivity index (χ0) is 20.4. The van der Waals surface area contributed by atoms with Crippen LogP contribution in [0.1, 0.15) is 31.2 Å². The van der Waals surface area contributed by atoms with Gasteiger partial charge in [-0.25, -0.2) is 4.79 Å². The first kappa shape index (κ1) is 19.5. The molecule has 1 fully saturated rings. The zero-order valence-electron chi connectivity index (χ0n) is 16.3. The maximum absolute atomic E-state index is 12.9. The van der Waals surface area contributed by atoms with Gasteiger partial charge in [0.15, 0.2) is 6.23 Å². The summed E-state index contributed by atoms with van der Waals surface area (Å²) >= 11 is 0. The molecule has 9 heteroatoms. The Kier molecular flexibility index (Phi) is 5.29. The minimum absolute atomic E-state index is 0.215. The third-order valence-electron chi connectivity index (χ3n) is 4.88. The second kappa shape index (κ2) is 7.88. The number of nitrogens with zero attached hydrogens (tertiary/aromatic N) is 4. The summed E-state index contributed by atoms with van der Waals surface area (Å²) < 4.78 is 6.66. The Morgan fingerprint density at radius 2 is 2.10 bits per heavy atom. The number of aliphatic hydroxyl groups is 1. The fraction of sp³-hybridized carbons (Fsp3) is 0.350. The molecule has 1 aromatic heterocycles. The third kappa shape index (κ3) is 3.99. The van der Waals surface area contributed by atoms with Crippen molar-refractivity contribution in [3.63, 3.8) is 0 Å². The van der Waals surface area contributed by atoms with Crippen LogP contribution in [0, 0.1) is 0 Å². The molecule has 1 amide bonds. The number of hydroxylamine groups is 1. The quantitative estimate of drug-likeness (QED) is 0.503. The van der Waals surface area contributed by atoms with Crippen LogP contribution in [0.3, 0.4) is 0 Å². The highest BCUT2D eigenvalue weighted by molar-refractivity contribution is 5.88. The highest BCUT2D eigenvalue weighted by atomic mass is 16.7. The Bertz CT molecular complexity index is 1000. The Morgan fingerprint density at radius 1 is 1.31 bits per heavy atom. The van der Waals surface area contributed by atoms with E-state index in [4.69, 9.17) is 9.57 Å². The van der Waals surface area contributed by atoms with Crippen molar-refractivity contribution in [1.29, 1.82) is 0 Å². The molecule has 1 aliphatic heterocycles. The number of nitrogens with one attached hydrogen (secondary N) is 1. The van der Waals surface area contributed by atoms with Crippen molar-refractivity contribution in [3.05, 3.63) is 59.7 Å². The van der Waals surface area contributed by atoms with Crippen molar-refractivity contribution in [3.8, 4) is 0 Å². The van der Waals surface area contributed by atoms with Crippen LogP contribution in [0.4, 0.5) is 4.79 Å². The smallest absolute Gasteiger partial charge is 0.349 e. The van der Waals surface area contributed by atoms with E-state index in [-0.39, 0.29) is 12.8 Å². The van der Waals surface area contributed by atoms with Gasteiger partial charge in [-0.2, -0.15) is 10.2 Å². The van der Waals surface area contributed by atoms with Crippen LogP contribution in [0.25, 0.3) is 11.0 Å². The molecule has 1 unspecified atom stereocenters. The maximum Gasteiger partial charge on any atom is 0.349 e. The lowest BCUT2D eigenvalue weighted by atomic mass is 10.1. The van der Waals surface area contributed by atoms with Gasteiger partial charge >= 0.3 is 6.03 Å². The number of hydrogen-bond acceptors (Lipinski definition) is 7. The van der Waals surface area contributed by atoms with Crippen LogP contribution < -0.4 is 5.48 Å². The second-order valence-electron chi connectivity index (χ2n) is 7.54. The van der Waals surface area contributed by atoms with Gasteiger partial charge in [0, 0.05) is 0 Å². The predicted octanol–water partition coefficient (Wildman–Crippen LogP) is 2.18. The van der Waals surface area contributed by atoms with Crippen LogP contribution in [-0.4, -0.2) is 49.9 Å². The van der Waals surface area contributed by atoms with Crippen molar-refractivity contribution >= 4 is 17.1 Å². The number of ether oxygens (including phenoxy) is 1.